The molecule has 2 heterocycles. The molecule has 3 nitrogen and oxygen atoms in total. The SMILES string of the molecule is Cc1ccc(-c2nc3n(c2C)CC(N)CC3C)cc1C. The van der Waals surface area contributed by atoms with Gasteiger partial charge in [-0.15, -0.1) is 0 Å². The number of aryl methyl sites for hydroxylation is 2. The Bertz CT molecular complexity index is 654. The lowest BCUT2D eigenvalue weighted by atomic mass is 9.98. The summed E-state index contributed by atoms with van der Waals surface area (Å²) in [6.07, 6.45) is 1.03. The fourth-order valence-corrected chi connectivity index (χ4v) is 3.19. The maximum Gasteiger partial charge on any atom is 0.112 e. The lowest BCUT2D eigenvalue weighted by Crippen LogP contribution is -2.34. The summed E-state index contributed by atoms with van der Waals surface area (Å²) in [4.78, 5) is 4.91. The van der Waals surface area contributed by atoms with Crippen LogP contribution in [0.3, 0.4) is 0 Å². The van der Waals surface area contributed by atoms with Gasteiger partial charge >= 0.3 is 0 Å². The predicted octanol–water partition coefficient (Wildman–Crippen LogP) is 3.31. The lowest BCUT2D eigenvalue weighted by Gasteiger charge is -2.26. The monoisotopic (exact) mass is 269 g/mol. The van der Waals surface area contributed by atoms with Crippen molar-refractivity contribution >= 4 is 0 Å². The number of nitrogens with two attached hydrogens (primary N) is 1. The molecule has 1 aromatic carbocycles. The Morgan fingerprint density at radius 1 is 1.20 bits per heavy atom. The third-order valence-electron chi connectivity index (χ3n) is 4.54. The van der Waals surface area contributed by atoms with Crippen molar-refractivity contribution in [2.24, 2.45) is 5.73 Å². The number of hydrogen-bond acceptors (Lipinski definition) is 2. The number of fused-ring (bicyclic) bond motifs is 1. The number of imidazole rings is 1. The highest BCUT2D eigenvalue weighted by Crippen LogP contribution is 2.32. The third kappa shape index (κ3) is 2.06. The van der Waals surface area contributed by atoms with E-state index >= 15 is 0 Å². The first-order valence-electron chi connectivity index (χ1n) is 7.37. The van der Waals surface area contributed by atoms with Gasteiger partial charge in [-0.1, -0.05) is 19.1 Å². The summed E-state index contributed by atoms with van der Waals surface area (Å²) in [5.41, 5.74) is 12.4. The van der Waals surface area contributed by atoms with Gasteiger partial charge in [-0.2, -0.15) is 0 Å². The molecule has 1 aliphatic rings. The van der Waals surface area contributed by atoms with E-state index in [1.54, 1.807) is 0 Å². The van der Waals surface area contributed by atoms with E-state index in [1.807, 2.05) is 0 Å². The number of aromatic nitrogens is 2. The number of nitrogens with zero attached hydrogens (tertiary/aromatic N) is 2. The van der Waals surface area contributed by atoms with Crippen molar-refractivity contribution in [3.63, 3.8) is 0 Å². The molecule has 106 valence electrons. The van der Waals surface area contributed by atoms with Crippen LogP contribution in [0.4, 0.5) is 0 Å². The second kappa shape index (κ2) is 4.74. The summed E-state index contributed by atoms with van der Waals surface area (Å²) < 4.78 is 2.31. The van der Waals surface area contributed by atoms with Crippen LogP contribution in [0, 0.1) is 20.8 Å². The summed E-state index contributed by atoms with van der Waals surface area (Å²) >= 11 is 0. The van der Waals surface area contributed by atoms with E-state index in [-0.39, 0.29) is 6.04 Å². The van der Waals surface area contributed by atoms with E-state index in [9.17, 15) is 0 Å². The molecule has 0 fully saturated rings. The molecule has 2 atom stereocenters. The van der Waals surface area contributed by atoms with E-state index in [2.05, 4.69) is 50.5 Å². The lowest BCUT2D eigenvalue weighted by molar-refractivity contribution is 0.403. The normalized spacial score (nSPS) is 21.9. The molecule has 0 saturated carbocycles. The fourth-order valence-electron chi connectivity index (χ4n) is 3.19. The van der Waals surface area contributed by atoms with Gasteiger partial charge in [0.15, 0.2) is 0 Å². The number of rotatable bonds is 1. The van der Waals surface area contributed by atoms with Crippen LogP contribution >= 0.6 is 0 Å². The van der Waals surface area contributed by atoms with Crippen LogP contribution in [-0.2, 0) is 6.54 Å². The molecule has 1 aliphatic heterocycles. The molecule has 0 amide bonds. The zero-order chi connectivity index (χ0) is 14.4. The highest BCUT2D eigenvalue weighted by atomic mass is 15.1. The molecule has 3 heteroatoms. The van der Waals surface area contributed by atoms with Crippen LogP contribution in [0.2, 0.25) is 0 Å². The van der Waals surface area contributed by atoms with Crippen molar-refractivity contribution in [1.82, 2.24) is 9.55 Å². The fraction of sp³-hybridized carbons (Fsp3) is 0.471. The van der Waals surface area contributed by atoms with Gasteiger partial charge in [0, 0.05) is 29.8 Å². The Balaban J connectivity index is 2.11. The average molecular weight is 269 g/mol. The molecule has 0 spiro atoms. The van der Waals surface area contributed by atoms with E-state index in [1.165, 1.54) is 28.2 Å². The molecule has 0 radical (unpaired) electrons. The summed E-state index contributed by atoms with van der Waals surface area (Å²) in [5, 5.41) is 0. The molecule has 2 unspecified atom stereocenters. The van der Waals surface area contributed by atoms with Crippen molar-refractivity contribution < 1.29 is 0 Å². The average Bonchev–Trinajstić information content (AvgIpc) is 2.71. The molecule has 0 saturated heterocycles. The summed E-state index contributed by atoms with van der Waals surface area (Å²) in [7, 11) is 0. The largest absolute Gasteiger partial charge is 0.330 e. The molecular weight excluding hydrogens is 246 g/mol. The van der Waals surface area contributed by atoms with E-state index < -0.39 is 0 Å². The third-order valence-corrected chi connectivity index (χ3v) is 4.54. The quantitative estimate of drug-likeness (QED) is 0.863. The van der Waals surface area contributed by atoms with Crippen LogP contribution in [0.5, 0.6) is 0 Å². The minimum atomic E-state index is 0.248. The molecule has 20 heavy (non-hydrogen) atoms. The number of hydrogen-bond donors (Lipinski definition) is 1. The zero-order valence-corrected chi connectivity index (χ0v) is 12.8. The van der Waals surface area contributed by atoms with E-state index in [0.717, 1.165) is 18.7 Å². The minimum Gasteiger partial charge on any atom is -0.330 e. The molecule has 2 N–H and O–H groups in total. The molecule has 0 bridgehead atoms. The molecule has 2 aromatic rings. The van der Waals surface area contributed by atoms with Gasteiger partial charge < -0.3 is 10.3 Å². The summed E-state index contributed by atoms with van der Waals surface area (Å²) in [5.74, 6) is 1.63. The Labute approximate surface area is 120 Å². The van der Waals surface area contributed by atoms with E-state index in [0.29, 0.717) is 5.92 Å². The Hall–Kier alpha value is -1.61. The van der Waals surface area contributed by atoms with Gasteiger partial charge in [0.25, 0.3) is 0 Å². The van der Waals surface area contributed by atoms with Crippen LogP contribution in [0.25, 0.3) is 11.3 Å². The second-order valence-electron chi connectivity index (χ2n) is 6.21. The smallest absolute Gasteiger partial charge is 0.112 e. The molecular formula is C17H23N3. The summed E-state index contributed by atoms with van der Waals surface area (Å²) in [6.45, 7) is 9.57. The minimum absolute atomic E-state index is 0.248. The molecule has 1 aromatic heterocycles. The Morgan fingerprint density at radius 3 is 2.65 bits per heavy atom. The maximum absolute atomic E-state index is 6.15. The second-order valence-corrected chi connectivity index (χ2v) is 6.21. The van der Waals surface area contributed by atoms with Crippen LogP contribution < -0.4 is 5.73 Å². The van der Waals surface area contributed by atoms with Gasteiger partial charge in [-0.05, 0) is 44.4 Å². The van der Waals surface area contributed by atoms with E-state index in [4.69, 9.17) is 10.7 Å². The Kier molecular flexibility index (Phi) is 3.17. The maximum atomic E-state index is 6.15. The van der Waals surface area contributed by atoms with Crippen molar-refractivity contribution in [2.75, 3.05) is 0 Å². The van der Waals surface area contributed by atoms with Crippen molar-refractivity contribution in [1.29, 1.82) is 0 Å². The van der Waals surface area contributed by atoms with Gasteiger partial charge in [0.1, 0.15) is 5.82 Å². The highest BCUT2D eigenvalue weighted by molar-refractivity contribution is 5.64. The topological polar surface area (TPSA) is 43.8 Å². The first-order chi connectivity index (χ1) is 9.47. The van der Waals surface area contributed by atoms with Crippen LogP contribution in [-0.4, -0.2) is 15.6 Å². The van der Waals surface area contributed by atoms with Crippen LogP contribution in [0.1, 0.15) is 41.9 Å². The van der Waals surface area contributed by atoms with Crippen molar-refractivity contribution in [2.45, 2.75) is 52.6 Å². The van der Waals surface area contributed by atoms with Gasteiger partial charge in [-0.25, -0.2) is 4.98 Å². The van der Waals surface area contributed by atoms with Gasteiger partial charge in [0.2, 0.25) is 0 Å². The first kappa shape index (κ1) is 13.4. The van der Waals surface area contributed by atoms with Gasteiger partial charge in [-0.3, -0.25) is 0 Å². The van der Waals surface area contributed by atoms with Gasteiger partial charge in [0.05, 0.1) is 5.69 Å². The van der Waals surface area contributed by atoms with Crippen LogP contribution in [0.15, 0.2) is 18.2 Å². The number of benzene rings is 1. The van der Waals surface area contributed by atoms with Crippen molar-refractivity contribution in [3.8, 4) is 11.3 Å². The zero-order valence-electron chi connectivity index (χ0n) is 12.8. The Morgan fingerprint density at radius 2 is 1.95 bits per heavy atom. The predicted molar refractivity (Wildman–Crippen MR) is 82.9 cm³/mol. The first-order valence-corrected chi connectivity index (χ1v) is 7.37. The standard InChI is InChI=1S/C17H23N3/c1-10-5-6-14(7-11(10)2)16-13(4)20-9-15(18)8-12(3)17(20)19-16/h5-7,12,15H,8-9,18H2,1-4H3. The molecule has 3 rings (SSSR count). The molecule has 0 aliphatic carbocycles. The highest BCUT2D eigenvalue weighted by Gasteiger charge is 2.26. The van der Waals surface area contributed by atoms with Crippen molar-refractivity contribution in [3.05, 3.63) is 40.8 Å². The summed E-state index contributed by atoms with van der Waals surface area (Å²) in [6, 6.07) is 6.84.